The number of carbonyl (C=O) groups is 1. The molecule has 0 radical (unpaired) electrons. The molecule has 124 valence electrons. The average Bonchev–Trinajstić information content (AvgIpc) is 2.94. The number of carbonyl (C=O) groups excluding carboxylic acids is 1. The summed E-state index contributed by atoms with van der Waals surface area (Å²) in [4.78, 5) is 19.6. The third-order valence-corrected chi connectivity index (χ3v) is 3.84. The molecule has 5 heteroatoms. The number of amides is 1. The van der Waals surface area contributed by atoms with Crippen LogP contribution in [-0.4, -0.2) is 22.5 Å². The summed E-state index contributed by atoms with van der Waals surface area (Å²) in [6.07, 6.45) is 0. The molecule has 0 atom stereocenters. The number of hydrogen-bond donors (Lipinski definition) is 2. The Kier molecular flexibility index (Phi) is 4.51. The van der Waals surface area contributed by atoms with Gasteiger partial charge in [0.2, 0.25) is 0 Å². The summed E-state index contributed by atoms with van der Waals surface area (Å²) in [5.41, 5.74) is 5.12. The SMILES string of the molecule is Cc1cc(C)c(OCC(=O)NCc2nc3ccccc3[nH]2)c(C)c1. The Hall–Kier alpha value is -2.82. The molecule has 1 amide bonds. The summed E-state index contributed by atoms with van der Waals surface area (Å²) < 4.78 is 5.69. The molecule has 0 saturated carbocycles. The number of fused-ring (bicyclic) bond motifs is 1. The minimum atomic E-state index is -0.171. The molecule has 0 unspecified atom stereocenters. The van der Waals surface area contributed by atoms with Crippen molar-refractivity contribution in [1.29, 1.82) is 0 Å². The second-order valence-corrected chi connectivity index (χ2v) is 5.99. The standard InChI is InChI=1S/C19H21N3O2/c1-12-8-13(2)19(14(3)9-12)24-11-18(23)20-10-17-21-15-6-4-5-7-16(15)22-17/h4-9H,10-11H2,1-3H3,(H,20,23)(H,21,22). The number of rotatable bonds is 5. The van der Waals surface area contributed by atoms with Gasteiger partial charge in [0.25, 0.3) is 5.91 Å². The van der Waals surface area contributed by atoms with E-state index in [2.05, 4.69) is 27.4 Å². The Bertz CT molecular complexity index is 827. The van der Waals surface area contributed by atoms with Crippen LogP contribution in [0.2, 0.25) is 0 Å². The van der Waals surface area contributed by atoms with Crippen LogP contribution >= 0.6 is 0 Å². The number of aromatic amines is 1. The van der Waals surface area contributed by atoms with Crippen LogP contribution in [0.1, 0.15) is 22.5 Å². The number of benzene rings is 2. The van der Waals surface area contributed by atoms with Crippen molar-refractivity contribution in [2.24, 2.45) is 0 Å². The van der Waals surface area contributed by atoms with Crippen LogP contribution in [0.3, 0.4) is 0 Å². The number of nitrogens with one attached hydrogen (secondary N) is 2. The van der Waals surface area contributed by atoms with E-state index in [-0.39, 0.29) is 12.5 Å². The van der Waals surface area contributed by atoms with E-state index in [1.807, 2.05) is 45.0 Å². The van der Waals surface area contributed by atoms with Crippen LogP contribution in [0.5, 0.6) is 5.75 Å². The van der Waals surface area contributed by atoms with Crippen molar-refractivity contribution in [2.75, 3.05) is 6.61 Å². The number of para-hydroxylation sites is 2. The van der Waals surface area contributed by atoms with Crippen molar-refractivity contribution < 1.29 is 9.53 Å². The van der Waals surface area contributed by atoms with Gasteiger partial charge in [-0.2, -0.15) is 0 Å². The molecule has 1 heterocycles. The lowest BCUT2D eigenvalue weighted by Gasteiger charge is -2.12. The van der Waals surface area contributed by atoms with E-state index in [4.69, 9.17) is 4.74 Å². The van der Waals surface area contributed by atoms with Gasteiger partial charge in [0.05, 0.1) is 17.6 Å². The lowest BCUT2D eigenvalue weighted by atomic mass is 10.1. The third kappa shape index (κ3) is 3.56. The molecule has 0 aliphatic heterocycles. The fraction of sp³-hybridized carbons (Fsp3) is 0.263. The van der Waals surface area contributed by atoms with E-state index in [0.29, 0.717) is 6.54 Å². The van der Waals surface area contributed by atoms with E-state index >= 15 is 0 Å². The van der Waals surface area contributed by atoms with Crippen LogP contribution in [0.15, 0.2) is 36.4 Å². The van der Waals surface area contributed by atoms with Gasteiger partial charge in [-0.1, -0.05) is 29.8 Å². The van der Waals surface area contributed by atoms with Gasteiger partial charge in [0.15, 0.2) is 6.61 Å². The second kappa shape index (κ2) is 6.74. The molecule has 5 nitrogen and oxygen atoms in total. The summed E-state index contributed by atoms with van der Waals surface area (Å²) in [7, 11) is 0. The number of hydrogen-bond acceptors (Lipinski definition) is 3. The number of aromatic nitrogens is 2. The zero-order valence-electron chi connectivity index (χ0n) is 14.1. The van der Waals surface area contributed by atoms with Gasteiger partial charge >= 0.3 is 0 Å². The molecule has 0 fully saturated rings. The van der Waals surface area contributed by atoms with Crippen molar-refractivity contribution in [1.82, 2.24) is 15.3 Å². The zero-order valence-corrected chi connectivity index (χ0v) is 14.1. The van der Waals surface area contributed by atoms with Crippen molar-refractivity contribution in [3.8, 4) is 5.75 Å². The molecule has 1 aromatic heterocycles. The average molecular weight is 323 g/mol. The van der Waals surface area contributed by atoms with Crippen molar-refractivity contribution in [3.05, 3.63) is 58.9 Å². The lowest BCUT2D eigenvalue weighted by molar-refractivity contribution is -0.123. The maximum Gasteiger partial charge on any atom is 0.258 e. The zero-order chi connectivity index (χ0) is 17.1. The van der Waals surface area contributed by atoms with Gasteiger partial charge < -0.3 is 15.0 Å². The van der Waals surface area contributed by atoms with E-state index in [1.54, 1.807) is 0 Å². The Morgan fingerprint density at radius 2 is 1.88 bits per heavy atom. The number of H-pyrrole nitrogens is 1. The van der Waals surface area contributed by atoms with Crippen LogP contribution in [-0.2, 0) is 11.3 Å². The first-order valence-corrected chi connectivity index (χ1v) is 7.94. The predicted octanol–water partition coefficient (Wildman–Crippen LogP) is 3.18. The van der Waals surface area contributed by atoms with Gasteiger partial charge in [-0.25, -0.2) is 4.98 Å². The molecule has 2 N–H and O–H groups in total. The second-order valence-electron chi connectivity index (χ2n) is 5.99. The van der Waals surface area contributed by atoms with Crippen LogP contribution in [0.25, 0.3) is 11.0 Å². The van der Waals surface area contributed by atoms with Crippen LogP contribution in [0, 0.1) is 20.8 Å². The van der Waals surface area contributed by atoms with Gasteiger partial charge in [-0.05, 0) is 44.0 Å². The van der Waals surface area contributed by atoms with Crippen LogP contribution < -0.4 is 10.1 Å². The van der Waals surface area contributed by atoms with Crippen molar-refractivity contribution >= 4 is 16.9 Å². The van der Waals surface area contributed by atoms with E-state index in [1.165, 1.54) is 5.56 Å². The normalized spacial score (nSPS) is 10.8. The first-order valence-electron chi connectivity index (χ1n) is 7.94. The molecule has 24 heavy (non-hydrogen) atoms. The molecule has 0 saturated heterocycles. The van der Waals surface area contributed by atoms with Gasteiger partial charge in [-0.15, -0.1) is 0 Å². The Balaban J connectivity index is 1.56. The number of imidazole rings is 1. The molecule has 0 bridgehead atoms. The molecule has 3 aromatic rings. The fourth-order valence-corrected chi connectivity index (χ4v) is 2.85. The summed E-state index contributed by atoms with van der Waals surface area (Å²) in [5, 5.41) is 2.82. The largest absolute Gasteiger partial charge is 0.483 e. The minimum absolute atomic E-state index is 0.00896. The Morgan fingerprint density at radius 3 is 2.58 bits per heavy atom. The predicted molar refractivity (Wildman–Crippen MR) is 94.1 cm³/mol. The number of aryl methyl sites for hydroxylation is 3. The Morgan fingerprint density at radius 1 is 1.17 bits per heavy atom. The highest BCUT2D eigenvalue weighted by Crippen LogP contribution is 2.24. The quantitative estimate of drug-likeness (QED) is 0.758. The van der Waals surface area contributed by atoms with E-state index in [0.717, 1.165) is 33.7 Å². The molecular formula is C19H21N3O2. The first-order chi connectivity index (χ1) is 11.5. The van der Waals surface area contributed by atoms with Gasteiger partial charge in [0.1, 0.15) is 11.6 Å². The third-order valence-electron chi connectivity index (χ3n) is 3.84. The Labute approximate surface area is 141 Å². The molecular weight excluding hydrogens is 302 g/mol. The summed E-state index contributed by atoms with van der Waals surface area (Å²) in [6.45, 7) is 6.36. The number of nitrogens with zero attached hydrogens (tertiary/aromatic N) is 1. The highest BCUT2D eigenvalue weighted by atomic mass is 16.5. The maximum atomic E-state index is 12.0. The fourth-order valence-electron chi connectivity index (χ4n) is 2.85. The van der Waals surface area contributed by atoms with Gasteiger partial charge in [-0.3, -0.25) is 4.79 Å². The van der Waals surface area contributed by atoms with Crippen molar-refractivity contribution in [3.63, 3.8) is 0 Å². The van der Waals surface area contributed by atoms with Crippen LogP contribution in [0.4, 0.5) is 0 Å². The molecule has 2 aromatic carbocycles. The summed E-state index contributed by atoms with van der Waals surface area (Å²) in [6, 6.07) is 11.9. The highest BCUT2D eigenvalue weighted by molar-refractivity contribution is 5.78. The molecule has 0 spiro atoms. The molecule has 3 rings (SSSR count). The van der Waals surface area contributed by atoms with Gasteiger partial charge in [0, 0.05) is 0 Å². The smallest absolute Gasteiger partial charge is 0.258 e. The lowest BCUT2D eigenvalue weighted by Crippen LogP contribution is -2.29. The topological polar surface area (TPSA) is 67.0 Å². The summed E-state index contributed by atoms with van der Waals surface area (Å²) in [5.74, 6) is 1.33. The highest BCUT2D eigenvalue weighted by Gasteiger charge is 2.09. The molecule has 0 aliphatic carbocycles. The molecule has 0 aliphatic rings. The first kappa shape index (κ1) is 16.1. The summed E-state index contributed by atoms with van der Waals surface area (Å²) >= 11 is 0. The maximum absolute atomic E-state index is 12.0. The van der Waals surface area contributed by atoms with E-state index in [9.17, 15) is 4.79 Å². The van der Waals surface area contributed by atoms with Crippen molar-refractivity contribution in [2.45, 2.75) is 27.3 Å². The van der Waals surface area contributed by atoms with E-state index < -0.39 is 0 Å². The number of ether oxygens (including phenoxy) is 1. The monoisotopic (exact) mass is 323 g/mol. The minimum Gasteiger partial charge on any atom is -0.483 e.